The average Bonchev–Trinajstić information content (AvgIpc) is 2.70. The van der Waals surface area contributed by atoms with E-state index in [2.05, 4.69) is 15.3 Å². The van der Waals surface area contributed by atoms with Crippen molar-refractivity contribution in [3.05, 3.63) is 40.7 Å². The van der Waals surface area contributed by atoms with E-state index in [1.54, 1.807) is 17.5 Å². The number of rotatable bonds is 5. The molecule has 2 aromatic heterocycles. The lowest BCUT2D eigenvalue weighted by atomic mass is 10.3. The first-order chi connectivity index (χ1) is 8.29. The van der Waals surface area contributed by atoms with E-state index in [1.807, 2.05) is 25.3 Å². The highest BCUT2D eigenvalue weighted by molar-refractivity contribution is 7.15. The Balaban J connectivity index is 1.97. The molecule has 2 aromatic rings. The summed E-state index contributed by atoms with van der Waals surface area (Å²) in [6.07, 6.45) is 4.53. The summed E-state index contributed by atoms with van der Waals surface area (Å²) in [5, 5.41) is 4.26. The minimum atomic E-state index is 0.672. The molecule has 0 saturated heterocycles. The van der Waals surface area contributed by atoms with Crippen LogP contribution in [0.2, 0.25) is 0 Å². The van der Waals surface area contributed by atoms with Gasteiger partial charge < -0.3 is 11.1 Å². The lowest BCUT2D eigenvalue weighted by Crippen LogP contribution is -2.01. The predicted octanol–water partition coefficient (Wildman–Crippen LogP) is 1.96. The molecule has 5 heteroatoms. The van der Waals surface area contributed by atoms with Crippen molar-refractivity contribution in [3.63, 3.8) is 0 Å². The maximum absolute atomic E-state index is 5.55. The van der Waals surface area contributed by atoms with Gasteiger partial charge in [0, 0.05) is 23.8 Å². The molecule has 0 bridgehead atoms. The number of nitrogens with zero attached hydrogens (tertiary/aromatic N) is 2. The lowest BCUT2D eigenvalue weighted by molar-refractivity contribution is 0.969. The fourth-order valence-corrected chi connectivity index (χ4v) is 2.52. The van der Waals surface area contributed by atoms with Gasteiger partial charge in [0.1, 0.15) is 0 Å². The Morgan fingerprint density at radius 3 is 3.06 bits per heavy atom. The molecule has 0 spiro atoms. The Hall–Kier alpha value is -1.46. The van der Waals surface area contributed by atoms with Crippen molar-refractivity contribution in [2.75, 3.05) is 11.9 Å². The molecule has 0 atom stereocenters. The molecular formula is C12H16N4S. The van der Waals surface area contributed by atoms with Crippen LogP contribution in [0.3, 0.4) is 0 Å². The number of thiazole rings is 1. The van der Waals surface area contributed by atoms with E-state index < -0.39 is 0 Å². The van der Waals surface area contributed by atoms with E-state index >= 15 is 0 Å². The van der Waals surface area contributed by atoms with Gasteiger partial charge >= 0.3 is 0 Å². The van der Waals surface area contributed by atoms with Crippen LogP contribution in [0.1, 0.15) is 16.1 Å². The molecule has 4 nitrogen and oxygen atoms in total. The van der Waals surface area contributed by atoms with Gasteiger partial charge in [0.2, 0.25) is 0 Å². The predicted molar refractivity (Wildman–Crippen MR) is 71.2 cm³/mol. The van der Waals surface area contributed by atoms with Gasteiger partial charge in [-0.3, -0.25) is 4.98 Å². The smallest absolute Gasteiger partial charge is 0.183 e. The van der Waals surface area contributed by atoms with Crippen molar-refractivity contribution < 1.29 is 0 Å². The minimum absolute atomic E-state index is 0.672. The van der Waals surface area contributed by atoms with E-state index in [9.17, 15) is 0 Å². The number of aryl methyl sites for hydroxylation is 1. The molecule has 17 heavy (non-hydrogen) atoms. The summed E-state index contributed by atoms with van der Waals surface area (Å²) in [4.78, 5) is 9.82. The molecule has 0 aliphatic heterocycles. The monoisotopic (exact) mass is 248 g/mol. The Labute approximate surface area is 105 Å². The first kappa shape index (κ1) is 12.0. The minimum Gasteiger partial charge on any atom is -0.357 e. The Bertz CT molecular complexity index is 467. The lowest BCUT2D eigenvalue weighted by Gasteiger charge is -2.01. The number of hydrogen-bond donors (Lipinski definition) is 2. The van der Waals surface area contributed by atoms with Gasteiger partial charge in [-0.05, 0) is 31.5 Å². The summed E-state index contributed by atoms with van der Waals surface area (Å²) in [5.41, 5.74) is 7.79. The van der Waals surface area contributed by atoms with Crippen LogP contribution < -0.4 is 11.1 Å². The SMILES string of the molecule is Cc1nc(NCc2cccnc2)sc1CCN. The molecule has 0 radical (unpaired) electrons. The second-order valence-corrected chi connectivity index (χ2v) is 4.86. The third-order valence-electron chi connectivity index (χ3n) is 2.43. The summed E-state index contributed by atoms with van der Waals surface area (Å²) in [5.74, 6) is 0. The van der Waals surface area contributed by atoms with Gasteiger partial charge in [-0.1, -0.05) is 6.07 Å². The van der Waals surface area contributed by atoms with Crippen LogP contribution in [0.15, 0.2) is 24.5 Å². The summed E-state index contributed by atoms with van der Waals surface area (Å²) in [6.45, 7) is 3.45. The third kappa shape index (κ3) is 3.25. The number of anilines is 1. The summed E-state index contributed by atoms with van der Waals surface area (Å²) >= 11 is 1.68. The van der Waals surface area contributed by atoms with Gasteiger partial charge in [-0.25, -0.2) is 4.98 Å². The molecule has 0 aromatic carbocycles. The zero-order chi connectivity index (χ0) is 12.1. The van der Waals surface area contributed by atoms with Gasteiger partial charge in [0.15, 0.2) is 5.13 Å². The average molecular weight is 248 g/mol. The maximum Gasteiger partial charge on any atom is 0.183 e. The molecule has 0 aliphatic carbocycles. The molecule has 0 fully saturated rings. The van der Waals surface area contributed by atoms with Crippen LogP contribution >= 0.6 is 11.3 Å². The second kappa shape index (κ2) is 5.75. The summed E-state index contributed by atoms with van der Waals surface area (Å²) in [7, 11) is 0. The first-order valence-electron chi connectivity index (χ1n) is 5.58. The van der Waals surface area contributed by atoms with E-state index in [4.69, 9.17) is 5.73 Å². The third-order valence-corrected chi connectivity index (χ3v) is 3.61. The fourth-order valence-electron chi connectivity index (χ4n) is 1.55. The highest BCUT2D eigenvalue weighted by Gasteiger charge is 2.06. The maximum atomic E-state index is 5.55. The van der Waals surface area contributed by atoms with E-state index in [0.717, 1.165) is 29.4 Å². The summed E-state index contributed by atoms with van der Waals surface area (Å²) in [6, 6.07) is 3.98. The fraction of sp³-hybridized carbons (Fsp3) is 0.333. The number of hydrogen-bond acceptors (Lipinski definition) is 5. The van der Waals surface area contributed by atoms with Crippen molar-refractivity contribution >= 4 is 16.5 Å². The molecule has 2 rings (SSSR count). The number of aromatic nitrogens is 2. The topological polar surface area (TPSA) is 63.8 Å². The van der Waals surface area contributed by atoms with Gasteiger partial charge in [0.25, 0.3) is 0 Å². The van der Waals surface area contributed by atoms with Crippen LogP contribution in [0.4, 0.5) is 5.13 Å². The largest absolute Gasteiger partial charge is 0.357 e. The highest BCUT2D eigenvalue weighted by atomic mass is 32.1. The van der Waals surface area contributed by atoms with Crippen molar-refractivity contribution in [2.45, 2.75) is 19.9 Å². The zero-order valence-electron chi connectivity index (χ0n) is 9.81. The number of nitrogens with two attached hydrogens (primary N) is 1. The van der Waals surface area contributed by atoms with Crippen molar-refractivity contribution in [3.8, 4) is 0 Å². The van der Waals surface area contributed by atoms with Crippen molar-refractivity contribution in [1.29, 1.82) is 0 Å². The quantitative estimate of drug-likeness (QED) is 0.849. The number of nitrogens with one attached hydrogen (secondary N) is 1. The summed E-state index contributed by atoms with van der Waals surface area (Å²) < 4.78 is 0. The van der Waals surface area contributed by atoms with Crippen LogP contribution in [0, 0.1) is 6.92 Å². The van der Waals surface area contributed by atoms with E-state index in [0.29, 0.717) is 6.54 Å². The van der Waals surface area contributed by atoms with E-state index in [1.165, 1.54) is 4.88 Å². The van der Waals surface area contributed by atoms with Crippen LogP contribution in [0.25, 0.3) is 0 Å². The van der Waals surface area contributed by atoms with Crippen molar-refractivity contribution in [2.24, 2.45) is 5.73 Å². The molecule has 0 saturated carbocycles. The molecule has 0 unspecified atom stereocenters. The molecule has 3 N–H and O–H groups in total. The highest BCUT2D eigenvalue weighted by Crippen LogP contribution is 2.23. The normalized spacial score (nSPS) is 10.5. The molecule has 0 amide bonds. The van der Waals surface area contributed by atoms with Crippen molar-refractivity contribution in [1.82, 2.24) is 9.97 Å². The number of pyridine rings is 1. The van der Waals surface area contributed by atoms with Crippen LogP contribution in [-0.4, -0.2) is 16.5 Å². The standard InChI is InChI=1S/C12H16N4S/c1-9-11(4-5-13)17-12(16-9)15-8-10-3-2-6-14-7-10/h2-3,6-7H,4-5,8,13H2,1H3,(H,15,16). The Morgan fingerprint density at radius 1 is 1.47 bits per heavy atom. The van der Waals surface area contributed by atoms with Gasteiger partial charge in [-0.2, -0.15) is 0 Å². The van der Waals surface area contributed by atoms with E-state index in [-0.39, 0.29) is 0 Å². The van der Waals surface area contributed by atoms with Crippen LogP contribution in [-0.2, 0) is 13.0 Å². The molecule has 0 aliphatic rings. The Morgan fingerprint density at radius 2 is 2.35 bits per heavy atom. The Kier molecular flexibility index (Phi) is 4.06. The van der Waals surface area contributed by atoms with Gasteiger partial charge in [0.05, 0.1) is 5.69 Å². The first-order valence-corrected chi connectivity index (χ1v) is 6.40. The molecular weight excluding hydrogens is 232 g/mol. The zero-order valence-corrected chi connectivity index (χ0v) is 10.6. The molecule has 90 valence electrons. The van der Waals surface area contributed by atoms with Crippen LogP contribution in [0.5, 0.6) is 0 Å². The molecule has 2 heterocycles. The van der Waals surface area contributed by atoms with Gasteiger partial charge in [-0.15, -0.1) is 11.3 Å². The second-order valence-electron chi connectivity index (χ2n) is 3.78.